The van der Waals surface area contributed by atoms with Gasteiger partial charge in [0.1, 0.15) is 6.61 Å². The first-order valence-corrected chi connectivity index (χ1v) is 12.6. The topological polar surface area (TPSA) is 79.5 Å². The van der Waals surface area contributed by atoms with Crippen LogP contribution in [-0.2, 0) is 27.6 Å². The maximum Gasteiger partial charge on any atom is 0.410 e. The molecule has 0 spiro atoms. The lowest BCUT2D eigenvalue weighted by Crippen LogP contribution is -2.37. The van der Waals surface area contributed by atoms with Crippen LogP contribution < -0.4 is 0 Å². The van der Waals surface area contributed by atoms with Gasteiger partial charge in [-0.05, 0) is 54.2 Å². The van der Waals surface area contributed by atoms with Crippen molar-refractivity contribution in [2.45, 2.75) is 38.8 Å². The number of nitrogens with one attached hydrogen (secondary N) is 1. The standard InChI is InChI=1S/C25H28N2O4S/c1-2-32(29,30)14-12-19-10-11-24-23(15-19)21(17-26-24)16-22-9-6-13-27(22)25(28)31-18-20-7-4-3-5-8-20/h3-5,7-8,10-12,14-15,17,22,26H,2,6,9,13,16,18H2,1H3/t22-/m1/s1. The highest BCUT2D eigenvalue weighted by atomic mass is 32.2. The summed E-state index contributed by atoms with van der Waals surface area (Å²) in [6, 6.07) is 15.6. The Kier molecular flexibility index (Phi) is 6.65. The second-order valence-electron chi connectivity index (χ2n) is 8.11. The lowest BCUT2D eigenvalue weighted by molar-refractivity contribution is 0.0921. The third-order valence-corrected chi connectivity index (χ3v) is 7.29. The van der Waals surface area contributed by atoms with Gasteiger partial charge in [-0.15, -0.1) is 0 Å². The third-order valence-electron chi connectivity index (χ3n) is 5.93. The van der Waals surface area contributed by atoms with Crippen molar-refractivity contribution in [2.75, 3.05) is 12.3 Å². The summed E-state index contributed by atoms with van der Waals surface area (Å²) in [5.41, 5.74) is 3.91. The molecule has 1 N–H and O–H groups in total. The molecule has 1 saturated heterocycles. The molecule has 0 saturated carbocycles. The zero-order valence-electron chi connectivity index (χ0n) is 18.2. The van der Waals surface area contributed by atoms with Crippen LogP contribution in [0.2, 0.25) is 0 Å². The molecule has 1 aliphatic rings. The summed E-state index contributed by atoms with van der Waals surface area (Å²) >= 11 is 0. The van der Waals surface area contributed by atoms with E-state index in [4.69, 9.17) is 4.74 Å². The fourth-order valence-corrected chi connectivity index (χ4v) is 4.65. The highest BCUT2D eigenvalue weighted by Gasteiger charge is 2.30. The van der Waals surface area contributed by atoms with Gasteiger partial charge in [-0.2, -0.15) is 0 Å². The minimum atomic E-state index is -3.18. The average Bonchev–Trinajstić information content (AvgIpc) is 3.44. The minimum absolute atomic E-state index is 0.0805. The first-order chi connectivity index (χ1) is 15.4. The van der Waals surface area contributed by atoms with Crippen molar-refractivity contribution in [1.29, 1.82) is 0 Å². The number of ether oxygens (including phenoxy) is 1. The highest BCUT2D eigenvalue weighted by molar-refractivity contribution is 7.94. The zero-order chi connectivity index (χ0) is 22.6. The van der Waals surface area contributed by atoms with Crippen LogP contribution in [0.15, 0.2) is 60.1 Å². The summed E-state index contributed by atoms with van der Waals surface area (Å²) in [7, 11) is -3.18. The van der Waals surface area contributed by atoms with E-state index in [2.05, 4.69) is 4.98 Å². The number of amides is 1. The van der Waals surface area contributed by atoms with Crippen LogP contribution in [0.3, 0.4) is 0 Å². The summed E-state index contributed by atoms with van der Waals surface area (Å²) in [6.45, 7) is 2.60. The van der Waals surface area contributed by atoms with Gasteiger partial charge in [0, 0.05) is 35.1 Å². The number of rotatable bonds is 7. The van der Waals surface area contributed by atoms with Gasteiger partial charge in [0.25, 0.3) is 0 Å². The number of nitrogens with zero attached hydrogens (tertiary/aromatic N) is 1. The zero-order valence-corrected chi connectivity index (χ0v) is 19.0. The molecule has 1 atom stereocenters. The number of aromatic nitrogens is 1. The van der Waals surface area contributed by atoms with Gasteiger partial charge in [0.2, 0.25) is 0 Å². The molecule has 2 aromatic carbocycles. The van der Waals surface area contributed by atoms with E-state index in [0.29, 0.717) is 6.54 Å². The molecule has 1 aliphatic heterocycles. The Morgan fingerprint density at radius 1 is 1.22 bits per heavy atom. The Labute approximate surface area is 188 Å². The molecule has 7 heteroatoms. The highest BCUT2D eigenvalue weighted by Crippen LogP contribution is 2.27. The number of H-pyrrole nitrogens is 1. The van der Waals surface area contributed by atoms with Crippen molar-refractivity contribution in [3.8, 4) is 0 Å². The molecular weight excluding hydrogens is 424 g/mol. The van der Waals surface area contributed by atoms with Gasteiger partial charge in [0.05, 0.1) is 5.75 Å². The Balaban J connectivity index is 1.47. The van der Waals surface area contributed by atoms with Gasteiger partial charge in [-0.25, -0.2) is 13.2 Å². The molecule has 3 aromatic rings. The van der Waals surface area contributed by atoms with Crippen LogP contribution >= 0.6 is 0 Å². The molecule has 1 amide bonds. The number of aromatic amines is 1. The number of hydrogen-bond donors (Lipinski definition) is 1. The first-order valence-electron chi connectivity index (χ1n) is 10.9. The number of carbonyl (C=O) groups is 1. The number of sulfone groups is 1. The molecule has 32 heavy (non-hydrogen) atoms. The van der Waals surface area contributed by atoms with E-state index in [-0.39, 0.29) is 24.5 Å². The van der Waals surface area contributed by atoms with Crippen LogP contribution in [0.4, 0.5) is 4.79 Å². The Morgan fingerprint density at radius 3 is 2.81 bits per heavy atom. The van der Waals surface area contributed by atoms with Crippen LogP contribution in [0.1, 0.15) is 36.5 Å². The second kappa shape index (κ2) is 9.61. The summed E-state index contributed by atoms with van der Waals surface area (Å²) in [6.07, 6.45) is 5.95. The van der Waals surface area contributed by atoms with E-state index in [0.717, 1.165) is 46.9 Å². The quantitative estimate of drug-likeness (QED) is 0.552. The predicted octanol–water partition coefficient (Wildman–Crippen LogP) is 4.92. The minimum Gasteiger partial charge on any atom is -0.445 e. The maximum absolute atomic E-state index is 12.7. The molecule has 0 radical (unpaired) electrons. The molecular formula is C25H28N2O4S. The van der Waals surface area contributed by atoms with Gasteiger partial charge < -0.3 is 14.6 Å². The monoisotopic (exact) mass is 452 g/mol. The molecule has 2 heterocycles. The lowest BCUT2D eigenvalue weighted by atomic mass is 10.0. The predicted molar refractivity (Wildman–Crippen MR) is 127 cm³/mol. The van der Waals surface area contributed by atoms with E-state index in [9.17, 15) is 13.2 Å². The SMILES string of the molecule is CCS(=O)(=O)C=Cc1ccc2[nH]cc(C[C@H]3CCCN3C(=O)OCc3ccccc3)c2c1. The molecule has 168 valence electrons. The van der Waals surface area contributed by atoms with E-state index < -0.39 is 9.84 Å². The van der Waals surface area contributed by atoms with Crippen LogP contribution in [0.5, 0.6) is 0 Å². The van der Waals surface area contributed by atoms with Crippen LogP contribution in [0, 0.1) is 0 Å². The van der Waals surface area contributed by atoms with Crippen molar-refractivity contribution in [2.24, 2.45) is 0 Å². The summed E-state index contributed by atoms with van der Waals surface area (Å²) in [5, 5.41) is 2.31. The largest absolute Gasteiger partial charge is 0.445 e. The second-order valence-corrected chi connectivity index (χ2v) is 10.3. The Hall–Kier alpha value is -3.06. The Bertz CT molecular complexity index is 1220. The van der Waals surface area contributed by atoms with Gasteiger partial charge in [0.15, 0.2) is 9.84 Å². The number of hydrogen-bond acceptors (Lipinski definition) is 4. The molecule has 0 unspecified atom stereocenters. The van der Waals surface area contributed by atoms with Crippen molar-refractivity contribution >= 4 is 32.9 Å². The molecule has 0 bridgehead atoms. The van der Waals surface area contributed by atoms with E-state index >= 15 is 0 Å². The molecule has 4 rings (SSSR count). The smallest absolute Gasteiger partial charge is 0.410 e. The summed E-state index contributed by atoms with van der Waals surface area (Å²) in [4.78, 5) is 17.8. The van der Waals surface area contributed by atoms with Gasteiger partial charge in [-0.1, -0.05) is 43.3 Å². The fraction of sp³-hybridized carbons (Fsp3) is 0.320. The number of likely N-dealkylation sites (tertiary alicyclic amines) is 1. The van der Waals surface area contributed by atoms with Gasteiger partial charge in [-0.3, -0.25) is 0 Å². The number of carbonyl (C=O) groups excluding carboxylic acids is 1. The van der Waals surface area contributed by atoms with E-state index in [1.807, 2.05) is 59.6 Å². The van der Waals surface area contributed by atoms with E-state index in [1.165, 1.54) is 5.41 Å². The lowest BCUT2D eigenvalue weighted by Gasteiger charge is -2.24. The van der Waals surface area contributed by atoms with Crippen molar-refractivity contribution in [3.63, 3.8) is 0 Å². The van der Waals surface area contributed by atoms with Gasteiger partial charge >= 0.3 is 6.09 Å². The fourth-order valence-electron chi connectivity index (χ4n) is 4.09. The molecule has 6 nitrogen and oxygen atoms in total. The average molecular weight is 453 g/mol. The third kappa shape index (κ3) is 5.22. The molecule has 0 aliphatic carbocycles. The van der Waals surface area contributed by atoms with Crippen molar-refractivity contribution in [1.82, 2.24) is 9.88 Å². The van der Waals surface area contributed by atoms with Crippen molar-refractivity contribution in [3.05, 3.63) is 76.8 Å². The Morgan fingerprint density at radius 2 is 2.03 bits per heavy atom. The molecule has 1 aromatic heterocycles. The number of benzene rings is 2. The summed E-state index contributed by atoms with van der Waals surface area (Å²) in [5.74, 6) is 0.0824. The molecule has 1 fully saturated rings. The number of fused-ring (bicyclic) bond motifs is 1. The van der Waals surface area contributed by atoms with E-state index in [1.54, 1.807) is 13.0 Å². The van der Waals surface area contributed by atoms with Crippen LogP contribution in [0.25, 0.3) is 17.0 Å². The first kappa shape index (κ1) is 22.1. The van der Waals surface area contributed by atoms with Crippen LogP contribution in [-0.4, -0.2) is 42.7 Å². The summed E-state index contributed by atoms with van der Waals surface area (Å²) < 4.78 is 29.1. The maximum atomic E-state index is 12.7. The van der Waals surface area contributed by atoms with Crippen molar-refractivity contribution < 1.29 is 17.9 Å². The normalized spacial score (nSPS) is 16.8.